The summed E-state index contributed by atoms with van der Waals surface area (Å²) in [5.41, 5.74) is 0. The minimum absolute atomic E-state index is 0.330. The maximum absolute atomic E-state index is 5.47. The Bertz CT molecular complexity index is 160. The standard InChI is InChI=1S/C10H24O7Si/c1-5-9-10-14-18(15-11-6-2,16-12-7-3)17-13-8-4/h5-10H2,1-4H3. The minimum atomic E-state index is -3.56. The lowest BCUT2D eigenvalue weighted by Gasteiger charge is -2.23. The fourth-order valence-corrected chi connectivity index (χ4v) is 2.26. The molecule has 0 bridgehead atoms. The molecule has 0 spiro atoms. The van der Waals surface area contributed by atoms with E-state index in [2.05, 4.69) is 0 Å². The van der Waals surface area contributed by atoms with Crippen molar-refractivity contribution in [3.05, 3.63) is 0 Å². The Morgan fingerprint density at radius 3 is 1.50 bits per heavy atom. The third kappa shape index (κ3) is 8.11. The molecule has 0 aromatic rings. The van der Waals surface area contributed by atoms with E-state index in [4.69, 9.17) is 32.8 Å². The van der Waals surface area contributed by atoms with Gasteiger partial charge < -0.3 is 4.43 Å². The molecule has 18 heavy (non-hydrogen) atoms. The Kier molecular flexibility index (Phi) is 12.0. The van der Waals surface area contributed by atoms with Gasteiger partial charge >= 0.3 is 9.05 Å². The summed E-state index contributed by atoms with van der Waals surface area (Å²) in [7, 11) is -3.56. The number of hydrogen-bond acceptors (Lipinski definition) is 7. The van der Waals surface area contributed by atoms with E-state index < -0.39 is 9.05 Å². The van der Waals surface area contributed by atoms with Gasteiger partial charge in [0.15, 0.2) is 0 Å². The summed E-state index contributed by atoms with van der Waals surface area (Å²) in [4.78, 5) is 14.6. The highest BCUT2D eigenvalue weighted by Crippen LogP contribution is 2.14. The molecule has 0 amide bonds. The lowest BCUT2D eigenvalue weighted by Crippen LogP contribution is -2.49. The van der Waals surface area contributed by atoms with Crippen LogP contribution in [0.4, 0.5) is 0 Å². The Hall–Kier alpha value is -0.0631. The molecule has 0 heterocycles. The van der Waals surface area contributed by atoms with Crippen molar-refractivity contribution in [2.24, 2.45) is 0 Å². The summed E-state index contributed by atoms with van der Waals surface area (Å²) < 4.78 is 20.6. The molecular weight excluding hydrogens is 260 g/mol. The van der Waals surface area contributed by atoms with E-state index in [0.717, 1.165) is 12.8 Å². The number of rotatable bonds is 13. The second kappa shape index (κ2) is 12.0. The average molecular weight is 284 g/mol. The minimum Gasteiger partial charge on any atom is -0.347 e. The van der Waals surface area contributed by atoms with Crippen LogP contribution in [0.25, 0.3) is 0 Å². The van der Waals surface area contributed by atoms with Gasteiger partial charge in [0, 0.05) is 6.61 Å². The van der Waals surface area contributed by atoms with Gasteiger partial charge in [-0.3, -0.25) is 0 Å². The van der Waals surface area contributed by atoms with E-state index in [9.17, 15) is 0 Å². The second-order valence-electron chi connectivity index (χ2n) is 3.17. The third-order valence-electron chi connectivity index (χ3n) is 1.61. The van der Waals surface area contributed by atoms with Crippen molar-refractivity contribution in [2.75, 3.05) is 26.4 Å². The molecule has 0 fully saturated rings. The molecule has 0 radical (unpaired) electrons. The van der Waals surface area contributed by atoms with E-state index in [1.54, 1.807) is 20.8 Å². The topological polar surface area (TPSA) is 64.6 Å². The van der Waals surface area contributed by atoms with Crippen LogP contribution >= 0.6 is 0 Å². The van der Waals surface area contributed by atoms with Gasteiger partial charge in [0.05, 0.1) is 19.8 Å². The second-order valence-corrected chi connectivity index (χ2v) is 4.96. The van der Waals surface area contributed by atoms with Crippen LogP contribution in [-0.4, -0.2) is 35.5 Å². The van der Waals surface area contributed by atoms with Crippen molar-refractivity contribution >= 4 is 9.05 Å². The maximum atomic E-state index is 5.47. The van der Waals surface area contributed by atoms with E-state index in [-0.39, 0.29) is 0 Å². The van der Waals surface area contributed by atoms with Crippen molar-refractivity contribution in [3.8, 4) is 0 Å². The first-order valence-corrected chi connectivity index (χ1v) is 7.93. The van der Waals surface area contributed by atoms with Crippen LogP contribution in [0.3, 0.4) is 0 Å². The van der Waals surface area contributed by atoms with Gasteiger partial charge in [0.1, 0.15) is 0 Å². The third-order valence-corrected chi connectivity index (χ3v) is 3.14. The Morgan fingerprint density at radius 2 is 1.17 bits per heavy atom. The highest BCUT2D eigenvalue weighted by molar-refractivity contribution is 6.52. The summed E-state index contributed by atoms with van der Waals surface area (Å²) in [5, 5.41) is 0. The van der Waals surface area contributed by atoms with Gasteiger partial charge in [-0.1, -0.05) is 13.3 Å². The maximum Gasteiger partial charge on any atom is 0.764 e. The van der Waals surface area contributed by atoms with E-state index in [1.807, 2.05) is 6.92 Å². The van der Waals surface area contributed by atoms with Gasteiger partial charge in [0.2, 0.25) is 0 Å². The van der Waals surface area contributed by atoms with Crippen LogP contribution in [-0.2, 0) is 32.8 Å². The monoisotopic (exact) mass is 284 g/mol. The Balaban J connectivity index is 4.41. The Morgan fingerprint density at radius 1 is 0.722 bits per heavy atom. The highest BCUT2D eigenvalue weighted by atomic mass is 28.4. The predicted molar refractivity (Wildman–Crippen MR) is 64.7 cm³/mol. The van der Waals surface area contributed by atoms with Gasteiger partial charge in [-0.05, 0) is 27.2 Å². The van der Waals surface area contributed by atoms with E-state index in [1.165, 1.54) is 0 Å². The Labute approximate surface area is 109 Å². The summed E-state index contributed by atoms with van der Waals surface area (Å²) in [5.74, 6) is 0. The van der Waals surface area contributed by atoms with Crippen molar-refractivity contribution < 1.29 is 32.8 Å². The van der Waals surface area contributed by atoms with Crippen LogP contribution in [0.1, 0.15) is 40.5 Å². The van der Waals surface area contributed by atoms with Gasteiger partial charge in [0.25, 0.3) is 0 Å². The number of unbranched alkanes of at least 4 members (excludes halogenated alkanes) is 1. The fourth-order valence-electron chi connectivity index (χ4n) is 0.849. The predicted octanol–water partition coefficient (Wildman–Crippen LogP) is 2.14. The molecule has 110 valence electrons. The number of hydrogen-bond donors (Lipinski definition) is 0. The lowest BCUT2D eigenvalue weighted by molar-refractivity contribution is -0.385. The van der Waals surface area contributed by atoms with Crippen LogP contribution in [0, 0.1) is 0 Å². The molecule has 0 aliphatic rings. The molecule has 0 atom stereocenters. The summed E-state index contributed by atoms with van der Waals surface area (Å²) in [6.45, 7) is 8.76. The molecule has 0 saturated carbocycles. The van der Waals surface area contributed by atoms with Crippen LogP contribution in [0.2, 0.25) is 0 Å². The van der Waals surface area contributed by atoms with Gasteiger partial charge in [-0.15, -0.1) is 0 Å². The molecule has 0 aliphatic heterocycles. The normalized spacial score (nSPS) is 12.0. The van der Waals surface area contributed by atoms with Gasteiger partial charge in [-0.25, -0.2) is 14.7 Å². The molecule has 8 heteroatoms. The van der Waals surface area contributed by atoms with Crippen molar-refractivity contribution in [3.63, 3.8) is 0 Å². The van der Waals surface area contributed by atoms with Crippen LogP contribution < -0.4 is 0 Å². The average Bonchev–Trinajstić information content (AvgIpc) is 2.40. The first kappa shape index (κ1) is 17.9. The van der Waals surface area contributed by atoms with Crippen molar-refractivity contribution in [1.82, 2.24) is 0 Å². The first-order chi connectivity index (χ1) is 8.74. The molecule has 7 nitrogen and oxygen atoms in total. The van der Waals surface area contributed by atoms with Crippen LogP contribution in [0.15, 0.2) is 0 Å². The summed E-state index contributed by atoms with van der Waals surface area (Å²) >= 11 is 0. The molecule has 0 aromatic heterocycles. The van der Waals surface area contributed by atoms with E-state index in [0.29, 0.717) is 26.4 Å². The summed E-state index contributed by atoms with van der Waals surface area (Å²) in [6, 6.07) is 0. The van der Waals surface area contributed by atoms with Crippen molar-refractivity contribution in [1.29, 1.82) is 0 Å². The first-order valence-electron chi connectivity index (χ1n) is 6.30. The van der Waals surface area contributed by atoms with Crippen LogP contribution in [0.5, 0.6) is 0 Å². The zero-order chi connectivity index (χ0) is 13.7. The highest BCUT2D eigenvalue weighted by Gasteiger charge is 2.52. The lowest BCUT2D eigenvalue weighted by atomic mass is 10.4. The molecule has 0 rings (SSSR count). The molecule has 0 saturated heterocycles. The van der Waals surface area contributed by atoms with Gasteiger partial charge in [-0.2, -0.15) is 13.7 Å². The summed E-state index contributed by atoms with van der Waals surface area (Å²) in [6.07, 6.45) is 1.82. The van der Waals surface area contributed by atoms with Crippen molar-refractivity contribution in [2.45, 2.75) is 40.5 Å². The largest absolute Gasteiger partial charge is 0.764 e. The molecule has 0 aromatic carbocycles. The molecule has 0 N–H and O–H groups in total. The zero-order valence-corrected chi connectivity index (χ0v) is 12.6. The fraction of sp³-hybridized carbons (Fsp3) is 1.00. The smallest absolute Gasteiger partial charge is 0.347 e. The molecule has 0 unspecified atom stereocenters. The van der Waals surface area contributed by atoms with E-state index >= 15 is 0 Å². The zero-order valence-electron chi connectivity index (χ0n) is 11.6. The SMILES string of the molecule is CCCCO[Si](OOCC)(OOCC)OOCC. The molecular formula is C10H24O7Si. The quantitative estimate of drug-likeness (QED) is 0.222. The molecule has 0 aliphatic carbocycles.